The van der Waals surface area contributed by atoms with E-state index >= 15 is 0 Å². The molecule has 0 aliphatic heterocycles. The van der Waals surface area contributed by atoms with Gasteiger partial charge in [0.15, 0.2) is 0 Å². The van der Waals surface area contributed by atoms with Gasteiger partial charge in [-0.15, -0.1) is 4.79 Å². The minimum absolute atomic E-state index is 0.148. The first kappa shape index (κ1) is 21.8. The van der Waals surface area contributed by atoms with Crippen LogP contribution in [0.4, 0.5) is 0 Å². The summed E-state index contributed by atoms with van der Waals surface area (Å²) in [6, 6.07) is 9.32. The van der Waals surface area contributed by atoms with Crippen LogP contribution < -0.4 is 4.18 Å². The average Bonchev–Trinajstić information content (AvgIpc) is 2.62. The van der Waals surface area contributed by atoms with Gasteiger partial charge >= 0.3 is 14.5 Å². The molecule has 0 aliphatic carbocycles. The Morgan fingerprint density at radius 1 is 0.857 bits per heavy atom. The third-order valence-electron chi connectivity index (χ3n) is 3.58. The number of hydrogen-bond acceptors (Lipinski definition) is 7. The monoisotopic (exact) mass is 444 g/mol. The molecule has 0 heterocycles. The van der Waals surface area contributed by atoms with Crippen LogP contribution in [-0.4, -0.2) is 40.2 Å². The first-order chi connectivity index (χ1) is 12.9. The Hall–Kier alpha value is -2.53. The highest BCUT2D eigenvalue weighted by atomic mass is 32.3. The van der Waals surface area contributed by atoms with E-state index in [0.717, 1.165) is 29.8 Å². The average molecular weight is 445 g/mol. The van der Waals surface area contributed by atoms with Crippen LogP contribution in [0.25, 0.3) is 5.53 Å². The second-order valence-electron chi connectivity index (χ2n) is 5.59. The van der Waals surface area contributed by atoms with Crippen molar-refractivity contribution in [1.29, 1.82) is 0 Å². The van der Waals surface area contributed by atoms with E-state index < -0.39 is 39.1 Å². The molecule has 0 saturated heterocycles. The van der Waals surface area contributed by atoms with Crippen LogP contribution in [0.15, 0.2) is 58.3 Å². The molecule has 0 amide bonds. The number of benzene rings is 2. The van der Waals surface area contributed by atoms with Crippen LogP contribution in [0, 0.1) is 6.92 Å². The van der Waals surface area contributed by atoms with Crippen molar-refractivity contribution < 1.29 is 34.2 Å². The largest absolute Gasteiger partial charge is 0.504 e. The van der Waals surface area contributed by atoms with Crippen LogP contribution in [0.3, 0.4) is 0 Å². The van der Waals surface area contributed by atoms with Crippen LogP contribution in [0.1, 0.15) is 12.5 Å². The lowest BCUT2D eigenvalue weighted by Gasteiger charge is -2.06. The van der Waals surface area contributed by atoms with Crippen LogP contribution in [0.5, 0.6) is 5.75 Å². The van der Waals surface area contributed by atoms with Crippen molar-refractivity contribution >= 4 is 34.2 Å². The summed E-state index contributed by atoms with van der Waals surface area (Å²) in [7, 11) is -13.2. The van der Waals surface area contributed by atoms with E-state index in [4.69, 9.17) is 9.71 Å². The standard InChI is InChI=1S/C16H16N2O7S3/c1-3-26(19,20)25-13-6-10-15(11-7-13)28(23,24)16(18-17)27(21,22)14-8-4-12(2)5-9-14/h4-11H,3H2,1-2H3. The molecule has 2 aromatic carbocycles. The number of hydrogen-bond donors (Lipinski definition) is 0. The molecule has 2 rings (SSSR count). The van der Waals surface area contributed by atoms with Crippen LogP contribution in [0.2, 0.25) is 0 Å². The van der Waals surface area contributed by atoms with Gasteiger partial charge in [-0.1, -0.05) is 17.7 Å². The van der Waals surface area contributed by atoms with Crippen molar-refractivity contribution in [3.8, 4) is 5.75 Å². The molecule has 12 heteroatoms. The predicted molar refractivity (Wildman–Crippen MR) is 101 cm³/mol. The first-order valence-corrected chi connectivity index (χ1v) is 12.3. The van der Waals surface area contributed by atoms with Gasteiger partial charge in [0, 0.05) is 0 Å². The Bertz CT molecular complexity index is 1240. The van der Waals surface area contributed by atoms with Gasteiger partial charge in [-0.2, -0.15) is 8.42 Å². The van der Waals surface area contributed by atoms with Crippen LogP contribution in [-0.2, 0) is 29.8 Å². The molecular formula is C16H16N2O7S3. The minimum atomic E-state index is -4.73. The molecule has 0 unspecified atom stereocenters. The fraction of sp³-hybridized carbons (Fsp3) is 0.188. The van der Waals surface area contributed by atoms with Gasteiger partial charge in [-0.3, -0.25) is 0 Å². The lowest BCUT2D eigenvalue weighted by Crippen LogP contribution is -2.26. The molecule has 9 nitrogen and oxygen atoms in total. The Morgan fingerprint density at radius 2 is 1.29 bits per heavy atom. The van der Waals surface area contributed by atoms with E-state index in [-0.39, 0.29) is 16.4 Å². The third-order valence-corrected chi connectivity index (χ3v) is 8.92. The highest BCUT2D eigenvalue weighted by molar-refractivity contribution is 8.31. The third kappa shape index (κ3) is 4.47. The zero-order valence-electron chi connectivity index (χ0n) is 14.8. The maximum Gasteiger partial charge on any atom is 0.504 e. The molecule has 0 spiro atoms. The van der Waals surface area contributed by atoms with Gasteiger partial charge in [0.2, 0.25) is 0 Å². The van der Waals surface area contributed by atoms with Gasteiger partial charge in [0.05, 0.1) is 15.5 Å². The SMILES string of the molecule is CCS(=O)(=O)Oc1ccc(S(=O)(=O)C(=[N+]=[N-])S(=O)(=O)c2ccc(C)cc2)cc1. The van der Waals surface area contributed by atoms with E-state index in [9.17, 15) is 25.3 Å². The molecule has 0 fully saturated rings. The lowest BCUT2D eigenvalue weighted by molar-refractivity contribution is 0.00380. The number of aryl methyl sites for hydroxylation is 1. The second kappa shape index (κ2) is 7.84. The van der Waals surface area contributed by atoms with Crippen molar-refractivity contribution in [2.45, 2.75) is 23.6 Å². The summed E-state index contributed by atoms with van der Waals surface area (Å²) in [5.74, 6) is -0.437. The fourth-order valence-electron chi connectivity index (χ4n) is 2.05. The Kier molecular flexibility index (Phi) is 6.09. The second-order valence-corrected chi connectivity index (χ2v) is 11.4. The van der Waals surface area contributed by atoms with Gasteiger partial charge in [0.25, 0.3) is 19.7 Å². The van der Waals surface area contributed by atoms with E-state index in [2.05, 4.69) is 4.79 Å². The Morgan fingerprint density at radius 3 is 1.68 bits per heavy atom. The number of sulfone groups is 2. The van der Waals surface area contributed by atoms with Gasteiger partial charge in [-0.25, -0.2) is 16.8 Å². The number of nitrogens with zero attached hydrogens (tertiary/aromatic N) is 2. The topological polar surface area (TPSA) is 148 Å². The van der Waals surface area contributed by atoms with Crippen LogP contribution >= 0.6 is 0 Å². The predicted octanol–water partition coefficient (Wildman–Crippen LogP) is 1.56. The lowest BCUT2D eigenvalue weighted by atomic mass is 10.2. The summed E-state index contributed by atoms with van der Waals surface area (Å²) in [6.45, 7) is 3.09. The van der Waals surface area contributed by atoms with Crippen molar-refractivity contribution in [2.75, 3.05) is 5.75 Å². The van der Waals surface area contributed by atoms with Crippen molar-refractivity contribution in [3.05, 3.63) is 59.6 Å². The zero-order valence-corrected chi connectivity index (χ0v) is 17.3. The summed E-state index contributed by atoms with van der Waals surface area (Å²) in [5, 5.41) is 0. The molecule has 0 aliphatic rings. The highest BCUT2D eigenvalue weighted by Crippen LogP contribution is 2.23. The normalized spacial score (nSPS) is 12.2. The molecule has 0 aromatic heterocycles. The van der Waals surface area contributed by atoms with E-state index in [1.54, 1.807) is 6.92 Å². The highest BCUT2D eigenvalue weighted by Gasteiger charge is 2.44. The molecule has 28 heavy (non-hydrogen) atoms. The quantitative estimate of drug-likeness (QED) is 0.223. The van der Waals surface area contributed by atoms with E-state index in [1.807, 2.05) is 0 Å². The van der Waals surface area contributed by atoms with Gasteiger partial charge in [0.1, 0.15) is 5.75 Å². The summed E-state index contributed by atoms with van der Waals surface area (Å²) in [5.41, 5.74) is 9.89. The molecule has 0 saturated carbocycles. The molecule has 0 N–H and O–H groups in total. The minimum Gasteiger partial charge on any atom is -0.382 e. The molecule has 2 aromatic rings. The maximum absolute atomic E-state index is 12.7. The molecule has 0 radical (unpaired) electrons. The molecule has 0 bridgehead atoms. The van der Waals surface area contributed by atoms with Gasteiger partial charge < -0.3 is 9.71 Å². The summed E-state index contributed by atoms with van der Waals surface area (Å²) in [4.78, 5) is 1.64. The summed E-state index contributed by atoms with van der Waals surface area (Å²) >= 11 is 0. The van der Waals surface area contributed by atoms with E-state index in [1.165, 1.54) is 31.2 Å². The van der Waals surface area contributed by atoms with Crippen molar-refractivity contribution in [1.82, 2.24) is 0 Å². The first-order valence-electron chi connectivity index (χ1n) is 7.75. The Balaban J connectivity index is 2.47. The smallest absolute Gasteiger partial charge is 0.382 e. The molecule has 0 atom stereocenters. The summed E-state index contributed by atoms with van der Waals surface area (Å²) < 4.78 is 76.8. The number of rotatable bonds is 5. The Labute approximate surface area is 163 Å². The summed E-state index contributed by atoms with van der Waals surface area (Å²) in [6.07, 6.45) is 0. The molecule has 150 valence electrons. The zero-order chi connectivity index (χ0) is 21.2. The van der Waals surface area contributed by atoms with Crippen molar-refractivity contribution in [3.63, 3.8) is 0 Å². The van der Waals surface area contributed by atoms with Gasteiger partial charge in [-0.05, 0) is 50.2 Å². The van der Waals surface area contributed by atoms with E-state index in [0.29, 0.717) is 0 Å². The maximum atomic E-state index is 12.7. The van der Waals surface area contributed by atoms with Crippen molar-refractivity contribution in [2.24, 2.45) is 0 Å². The fourth-order valence-corrected chi connectivity index (χ4v) is 5.91. The molecular weight excluding hydrogens is 428 g/mol.